The Balaban J connectivity index is 1.49. The maximum atomic E-state index is 12.7. The maximum Gasteiger partial charge on any atom is 0.262 e. The van der Waals surface area contributed by atoms with Crippen molar-refractivity contribution < 1.29 is 22.7 Å². The highest BCUT2D eigenvalue weighted by Gasteiger charge is 2.24. The summed E-state index contributed by atoms with van der Waals surface area (Å²) in [7, 11) is -3.79. The van der Waals surface area contributed by atoms with E-state index in [-0.39, 0.29) is 16.8 Å². The molecule has 0 aromatic heterocycles. The average Bonchev–Trinajstić information content (AvgIpc) is 3.48. The third-order valence-electron chi connectivity index (χ3n) is 4.34. The predicted molar refractivity (Wildman–Crippen MR) is 99.8 cm³/mol. The smallest absolute Gasteiger partial charge is 0.262 e. The van der Waals surface area contributed by atoms with Crippen LogP contribution >= 0.6 is 0 Å². The summed E-state index contributed by atoms with van der Waals surface area (Å²) in [4.78, 5) is 12.1. The van der Waals surface area contributed by atoms with Crippen LogP contribution in [0.4, 0.5) is 5.69 Å². The fraction of sp³-hybridized carbons (Fsp3) is 0.316. The van der Waals surface area contributed by atoms with Crippen LogP contribution in [0.1, 0.15) is 29.6 Å². The lowest BCUT2D eigenvalue weighted by Gasteiger charge is -2.12. The Morgan fingerprint density at radius 2 is 1.67 bits per heavy atom. The minimum atomic E-state index is -3.79. The Bertz CT molecular complexity index is 953. The predicted octanol–water partition coefficient (Wildman–Crippen LogP) is 2.54. The highest BCUT2D eigenvalue weighted by molar-refractivity contribution is 7.92. The van der Waals surface area contributed by atoms with Crippen molar-refractivity contribution in [3.05, 3.63) is 48.0 Å². The third-order valence-corrected chi connectivity index (χ3v) is 5.72. The summed E-state index contributed by atoms with van der Waals surface area (Å²) in [5, 5.41) is 2.89. The van der Waals surface area contributed by atoms with Gasteiger partial charge in [0.2, 0.25) is 0 Å². The highest BCUT2D eigenvalue weighted by Crippen LogP contribution is 2.32. The van der Waals surface area contributed by atoms with Gasteiger partial charge in [-0.2, -0.15) is 0 Å². The average molecular weight is 388 g/mol. The summed E-state index contributed by atoms with van der Waals surface area (Å²) in [6.07, 6.45) is 2.77. The van der Waals surface area contributed by atoms with E-state index in [0.717, 1.165) is 19.3 Å². The van der Waals surface area contributed by atoms with Gasteiger partial charge in [0.1, 0.15) is 0 Å². The van der Waals surface area contributed by atoms with Crippen molar-refractivity contribution in [2.75, 3.05) is 17.9 Å². The van der Waals surface area contributed by atoms with Gasteiger partial charge in [0.05, 0.1) is 18.1 Å². The highest BCUT2D eigenvalue weighted by atomic mass is 32.2. The first kappa shape index (κ1) is 17.7. The quantitative estimate of drug-likeness (QED) is 0.821. The van der Waals surface area contributed by atoms with E-state index >= 15 is 0 Å². The van der Waals surface area contributed by atoms with Crippen LogP contribution in [0.5, 0.6) is 11.5 Å². The monoisotopic (exact) mass is 388 g/mol. The second-order valence-electron chi connectivity index (χ2n) is 6.59. The van der Waals surface area contributed by atoms with Gasteiger partial charge in [-0.05, 0) is 49.2 Å². The number of hydrogen-bond donors (Lipinski definition) is 2. The number of benzene rings is 2. The molecule has 0 unspecified atom stereocenters. The van der Waals surface area contributed by atoms with Gasteiger partial charge >= 0.3 is 0 Å². The molecule has 8 heteroatoms. The minimum Gasteiger partial charge on any atom is -0.490 e. The van der Waals surface area contributed by atoms with Crippen LogP contribution in [0.2, 0.25) is 0 Å². The lowest BCUT2D eigenvalue weighted by molar-refractivity contribution is 0.0951. The van der Waals surface area contributed by atoms with Crippen molar-refractivity contribution in [3.63, 3.8) is 0 Å². The number of amides is 1. The van der Waals surface area contributed by atoms with E-state index in [4.69, 9.17) is 9.47 Å². The number of ether oxygens (including phenoxy) is 2. The van der Waals surface area contributed by atoms with Crippen molar-refractivity contribution in [1.29, 1.82) is 0 Å². The molecule has 1 fully saturated rings. The normalized spacial score (nSPS) is 16.3. The molecule has 142 valence electrons. The second kappa shape index (κ2) is 7.11. The number of carbonyl (C=O) groups is 1. The molecule has 1 heterocycles. The van der Waals surface area contributed by atoms with Gasteiger partial charge in [0.15, 0.2) is 11.5 Å². The number of anilines is 1. The Labute approximate surface area is 157 Å². The van der Waals surface area contributed by atoms with Crippen LogP contribution in [-0.2, 0) is 10.0 Å². The summed E-state index contributed by atoms with van der Waals surface area (Å²) in [6, 6.07) is 11.2. The van der Waals surface area contributed by atoms with Crippen molar-refractivity contribution in [3.8, 4) is 11.5 Å². The summed E-state index contributed by atoms with van der Waals surface area (Å²) in [5.74, 6) is 0.815. The van der Waals surface area contributed by atoms with Crippen molar-refractivity contribution >= 4 is 21.6 Å². The Morgan fingerprint density at radius 1 is 0.963 bits per heavy atom. The number of sulfonamides is 1. The van der Waals surface area contributed by atoms with E-state index in [1.807, 2.05) is 0 Å². The molecule has 27 heavy (non-hydrogen) atoms. The number of hydrogen-bond acceptors (Lipinski definition) is 5. The third kappa shape index (κ3) is 4.16. The molecular formula is C19H20N2O5S. The van der Waals surface area contributed by atoms with Crippen molar-refractivity contribution in [2.45, 2.75) is 30.2 Å². The van der Waals surface area contributed by atoms with Gasteiger partial charge in [-0.1, -0.05) is 0 Å². The number of fused-ring (bicyclic) bond motifs is 1. The van der Waals surface area contributed by atoms with Gasteiger partial charge in [0, 0.05) is 29.8 Å². The van der Waals surface area contributed by atoms with Crippen molar-refractivity contribution in [2.24, 2.45) is 0 Å². The first-order valence-electron chi connectivity index (χ1n) is 8.85. The maximum absolute atomic E-state index is 12.7. The Kier molecular flexibility index (Phi) is 4.65. The zero-order valence-electron chi connectivity index (χ0n) is 14.6. The molecular weight excluding hydrogens is 368 g/mol. The van der Waals surface area contributed by atoms with Gasteiger partial charge in [-0.15, -0.1) is 0 Å². The SMILES string of the molecule is O=C(NC1CC1)c1ccc(NS(=O)(=O)c2ccc3c(c2)OCCCO3)cc1. The Hall–Kier alpha value is -2.74. The molecule has 2 aromatic rings. The fourth-order valence-corrected chi connectivity index (χ4v) is 3.78. The van der Waals surface area contributed by atoms with Crippen LogP contribution in [-0.4, -0.2) is 33.6 Å². The zero-order chi connectivity index (χ0) is 18.9. The summed E-state index contributed by atoms with van der Waals surface area (Å²) < 4.78 is 38.9. The molecule has 0 atom stereocenters. The van der Waals surface area contributed by atoms with Crippen LogP contribution in [0.25, 0.3) is 0 Å². The summed E-state index contributed by atoms with van der Waals surface area (Å²) in [5.41, 5.74) is 0.880. The van der Waals surface area contributed by atoms with Gasteiger partial charge in [-0.3, -0.25) is 9.52 Å². The molecule has 2 N–H and O–H groups in total. The molecule has 1 amide bonds. The van der Waals surface area contributed by atoms with E-state index in [9.17, 15) is 13.2 Å². The van der Waals surface area contributed by atoms with Crippen LogP contribution in [0.3, 0.4) is 0 Å². The number of rotatable bonds is 5. The molecule has 0 saturated heterocycles. The molecule has 1 aliphatic carbocycles. The Morgan fingerprint density at radius 3 is 2.37 bits per heavy atom. The number of carbonyl (C=O) groups excluding carboxylic acids is 1. The molecule has 7 nitrogen and oxygen atoms in total. The van der Waals surface area contributed by atoms with E-state index in [1.54, 1.807) is 30.3 Å². The summed E-state index contributed by atoms with van der Waals surface area (Å²) >= 11 is 0. The molecule has 0 bridgehead atoms. The zero-order valence-corrected chi connectivity index (χ0v) is 15.4. The first-order valence-corrected chi connectivity index (χ1v) is 10.3. The van der Waals surface area contributed by atoms with E-state index < -0.39 is 10.0 Å². The van der Waals surface area contributed by atoms with E-state index in [2.05, 4.69) is 10.0 Å². The molecule has 2 aliphatic rings. The van der Waals surface area contributed by atoms with Crippen molar-refractivity contribution in [1.82, 2.24) is 5.32 Å². The second-order valence-corrected chi connectivity index (χ2v) is 8.27. The van der Waals surface area contributed by atoms with Gasteiger partial charge in [-0.25, -0.2) is 8.42 Å². The van der Waals surface area contributed by atoms with E-state index in [0.29, 0.717) is 36.0 Å². The summed E-state index contributed by atoms with van der Waals surface area (Å²) in [6.45, 7) is 1.02. The largest absolute Gasteiger partial charge is 0.490 e. The molecule has 4 rings (SSSR count). The van der Waals surface area contributed by atoms with Gasteiger partial charge in [0.25, 0.3) is 15.9 Å². The van der Waals surface area contributed by atoms with Crippen LogP contribution in [0.15, 0.2) is 47.4 Å². The molecule has 2 aromatic carbocycles. The van der Waals surface area contributed by atoms with Crippen LogP contribution in [0, 0.1) is 0 Å². The molecule has 0 spiro atoms. The van der Waals surface area contributed by atoms with Crippen LogP contribution < -0.4 is 19.5 Å². The topological polar surface area (TPSA) is 93.7 Å². The molecule has 0 radical (unpaired) electrons. The molecule has 1 aliphatic heterocycles. The fourth-order valence-electron chi connectivity index (χ4n) is 2.71. The lowest BCUT2D eigenvalue weighted by atomic mass is 10.2. The minimum absolute atomic E-state index is 0.0855. The first-order chi connectivity index (χ1) is 13.0. The van der Waals surface area contributed by atoms with Gasteiger partial charge < -0.3 is 14.8 Å². The lowest BCUT2D eigenvalue weighted by Crippen LogP contribution is -2.25. The standard InChI is InChI=1S/C19H20N2O5S/c22-19(20-14-6-7-14)13-2-4-15(5-3-13)21-27(23,24)16-8-9-17-18(12-16)26-11-1-10-25-17/h2-5,8-9,12,14,21H,1,6-7,10-11H2,(H,20,22). The number of nitrogens with one attached hydrogen (secondary N) is 2. The molecule has 1 saturated carbocycles. The van der Waals surface area contributed by atoms with E-state index in [1.165, 1.54) is 12.1 Å².